The number of carbonyl (C=O) groups excluding carboxylic acids is 1. The molecule has 0 amide bonds. The monoisotopic (exact) mass is 313 g/mol. The zero-order valence-electron chi connectivity index (χ0n) is 9.77. The normalized spacial score (nSPS) is 10.3. The molecule has 4 nitrogen and oxygen atoms in total. The molecule has 2 rings (SSSR count). The fourth-order valence-electron chi connectivity index (χ4n) is 1.74. The van der Waals surface area contributed by atoms with Gasteiger partial charge in [0.2, 0.25) is 0 Å². The molecule has 0 fully saturated rings. The van der Waals surface area contributed by atoms with Gasteiger partial charge in [0.15, 0.2) is 0 Å². The first-order chi connectivity index (χ1) is 9.40. The Morgan fingerprint density at radius 3 is 2.45 bits per heavy atom. The van der Waals surface area contributed by atoms with Gasteiger partial charge in [0.25, 0.3) is 10.9 Å². The largest absolute Gasteiger partial charge is 0.281 e. The highest BCUT2D eigenvalue weighted by Gasteiger charge is 2.20. The summed E-state index contributed by atoms with van der Waals surface area (Å²) in [7, 11) is 0. The molecule has 0 unspecified atom stereocenters. The summed E-state index contributed by atoms with van der Waals surface area (Å²) in [6.45, 7) is 0. The van der Waals surface area contributed by atoms with E-state index in [2.05, 4.69) is 0 Å². The number of nitro benzene ring substituents is 1. The van der Waals surface area contributed by atoms with Gasteiger partial charge >= 0.3 is 0 Å². The summed E-state index contributed by atoms with van der Waals surface area (Å²) >= 11 is 11.0. The van der Waals surface area contributed by atoms with E-state index in [1.807, 2.05) is 0 Å². The first-order valence-electron chi connectivity index (χ1n) is 5.34. The predicted molar refractivity (Wildman–Crippen MR) is 73.7 cm³/mol. The van der Waals surface area contributed by atoms with Crippen molar-refractivity contribution >= 4 is 34.1 Å². The molecule has 0 aliphatic heterocycles. The number of nitrogens with zero attached hydrogens (tertiary/aromatic N) is 1. The van der Waals surface area contributed by atoms with Crippen molar-refractivity contribution in [3.8, 4) is 11.1 Å². The van der Waals surface area contributed by atoms with Crippen LogP contribution in [-0.2, 0) is 0 Å². The summed E-state index contributed by atoms with van der Waals surface area (Å²) in [6.07, 6.45) is 0. The summed E-state index contributed by atoms with van der Waals surface area (Å²) in [5, 5.41) is 10.0. The van der Waals surface area contributed by atoms with Gasteiger partial charge in [0.1, 0.15) is 11.4 Å². The molecule has 0 radical (unpaired) electrons. The van der Waals surface area contributed by atoms with E-state index >= 15 is 0 Å². The summed E-state index contributed by atoms with van der Waals surface area (Å²) in [4.78, 5) is 21.3. The number of benzene rings is 2. The molecule has 0 aromatic heterocycles. The molecule has 0 aliphatic rings. The van der Waals surface area contributed by atoms with Crippen molar-refractivity contribution in [3.63, 3.8) is 0 Å². The Bertz CT molecular complexity index is 719. The van der Waals surface area contributed by atoms with Gasteiger partial charge in [-0.05, 0) is 47.5 Å². The molecule has 0 bridgehead atoms. The molecular formula is C13H6Cl2FNO3. The highest BCUT2D eigenvalue weighted by atomic mass is 35.5. The second-order valence-electron chi connectivity index (χ2n) is 3.89. The average molecular weight is 314 g/mol. The van der Waals surface area contributed by atoms with Crippen LogP contribution in [-0.4, -0.2) is 10.2 Å². The minimum absolute atomic E-state index is 0.170. The SMILES string of the molecule is O=C(Cl)c1cc(-c2ccc(Cl)cc2F)ccc1[N+](=O)[O-]. The second kappa shape index (κ2) is 5.56. The van der Waals surface area contributed by atoms with Crippen molar-refractivity contribution in [2.75, 3.05) is 0 Å². The smallest absolute Gasteiger partial charge is 0.275 e. The Balaban J connectivity index is 2.62. The molecular weight excluding hydrogens is 308 g/mol. The molecule has 102 valence electrons. The van der Waals surface area contributed by atoms with E-state index < -0.39 is 21.7 Å². The maximum absolute atomic E-state index is 13.8. The van der Waals surface area contributed by atoms with Gasteiger partial charge in [0.05, 0.1) is 4.92 Å². The van der Waals surface area contributed by atoms with Gasteiger partial charge in [-0.2, -0.15) is 0 Å². The van der Waals surface area contributed by atoms with Crippen LogP contribution in [0.25, 0.3) is 11.1 Å². The summed E-state index contributed by atoms with van der Waals surface area (Å²) in [5.74, 6) is -0.598. The molecule has 0 N–H and O–H groups in total. The lowest BCUT2D eigenvalue weighted by Gasteiger charge is -2.06. The fourth-order valence-corrected chi connectivity index (χ4v) is 2.05. The fraction of sp³-hybridized carbons (Fsp3) is 0. The van der Waals surface area contributed by atoms with Crippen molar-refractivity contribution in [3.05, 3.63) is 62.9 Å². The van der Waals surface area contributed by atoms with Gasteiger partial charge < -0.3 is 0 Å². The van der Waals surface area contributed by atoms with E-state index in [-0.39, 0.29) is 16.1 Å². The summed E-state index contributed by atoms with van der Waals surface area (Å²) in [6, 6.07) is 7.64. The van der Waals surface area contributed by atoms with Gasteiger partial charge in [-0.15, -0.1) is 0 Å². The van der Waals surface area contributed by atoms with Crippen molar-refractivity contribution in [1.29, 1.82) is 0 Å². The minimum atomic E-state index is -0.979. The molecule has 7 heteroatoms. The minimum Gasteiger partial charge on any atom is -0.275 e. The molecule has 0 saturated heterocycles. The second-order valence-corrected chi connectivity index (χ2v) is 4.67. The highest BCUT2D eigenvalue weighted by Crippen LogP contribution is 2.30. The van der Waals surface area contributed by atoms with Crippen LogP contribution in [0.1, 0.15) is 10.4 Å². The number of nitro groups is 1. The molecule has 2 aromatic carbocycles. The predicted octanol–water partition coefficient (Wildman–Crippen LogP) is 4.43. The zero-order valence-corrected chi connectivity index (χ0v) is 11.3. The Labute approximate surface area is 122 Å². The molecule has 0 atom stereocenters. The standard InChI is InChI=1S/C13H6Cl2FNO3/c14-8-2-3-9(11(16)6-8)7-1-4-12(17(19)20)10(5-7)13(15)18/h1-6H. The lowest BCUT2D eigenvalue weighted by molar-refractivity contribution is -0.385. The van der Waals surface area contributed by atoms with Crippen LogP contribution in [0.4, 0.5) is 10.1 Å². The van der Waals surface area contributed by atoms with Crippen molar-refractivity contribution < 1.29 is 14.1 Å². The lowest BCUT2D eigenvalue weighted by atomic mass is 10.0. The number of hydrogen-bond donors (Lipinski definition) is 0. The number of carbonyl (C=O) groups is 1. The maximum Gasteiger partial charge on any atom is 0.281 e. The van der Waals surface area contributed by atoms with E-state index in [0.717, 1.165) is 12.1 Å². The molecule has 0 aliphatic carbocycles. The molecule has 0 heterocycles. The van der Waals surface area contributed by atoms with Crippen molar-refractivity contribution in [2.24, 2.45) is 0 Å². The number of hydrogen-bond acceptors (Lipinski definition) is 3. The van der Waals surface area contributed by atoms with Crippen LogP contribution in [0.5, 0.6) is 0 Å². The van der Waals surface area contributed by atoms with Crippen LogP contribution in [0.15, 0.2) is 36.4 Å². The Morgan fingerprint density at radius 2 is 1.90 bits per heavy atom. The highest BCUT2D eigenvalue weighted by molar-refractivity contribution is 6.68. The van der Waals surface area contributed by atoms with Gasteiger partial charge in [-0.1, -0.05) is 11.6 Å². The molecule has 0 saturated carbocycles. The number of halogens is 3. The van der Waals surface area contributed by atoms with Gasteiger partial charge in [-0.3, -0.25) is 14.9 Å². The lowest BCUT2D eigenvalue weighted by Crippen LogP contribution is -1.99. The molecule has 2 aromatic rings. The molecule has 0 spiro atoms. The molecule has 20 heavy (non-hydrogen) atoms. The topological polar surface area (TPSA) is 60.2 Å². The van der Waals surface area contributed by atoms with Crippen molar-refractivity contribution in [2.45, 2.75) is 0 Å². The van der Waals surface area contributed by atoms with Crippen LogP contribution < -0.4 is 0 Å². The Kier molecular flexibility index (Phi) is 4.01. The van der Waals surface area contributed by atoms with Gasteiger partial charge in [0, 0.05) is 16.7 Å². The van der Waals surface area contributed by atoms with E-state index in [4.69, 9.17) is 23.2 Å². The zero-order chi connectivity index (χ0) is 14.9. The van der Waals surface area contributed by atoms with Crippen LogP contribution in [0.2, 0.25) is 5.02 Å². The summed E-state index contributed by atoms with van der Waals surface area (Å²) < 4.78 is 13.8. The van der Waals surface area contributed by atoms with E-state index in [0.29, 0.717) is 5.56 Å². The van der Waals surface area contributed by atoms with E-state index in [1.54, 1.807) is 0 Å². The number of rotatable bonds is 3. The maximum atomic E-state index is 13.8. The van der Waals surface area contributed by atoms with Crippen LogP contribution in [0, 0.1) is 15.9 Å². The first-order valence-corrected chi connectivity index (χ1v) is 6.09. The van der Waals surface area contributed by atoms with E-state index in [9.17, 15) is 19.3 Å². The third kappa shape index (κ3) is 2.79. The Hall–Kier alpha value is -1.98. The third-order valence-electron chi connectivity index (χ3n) is 2.65. The van der Waals surface area contributed by atoms with E-state index in [1.165, 1.54) is 24.3 Å². The van der Waals surface area contributed by atoms with Crippen molar-refractivity contribution in [1.82, 2.24) is 0 Å². The Morgan fingerprint density at radius 1 is 1.20 bits per heavy atom. The van der Waals surface area contributed by atoms with Gasteiger partial charge in [-0.25, -0.2) is 4.39 Å². The van der Waals surface area contributed by atoms with Crippen LogP contribution in [0.3, 0.4) is 0 Å². The quantitative estimate of drug-likeness (QED) is 0.478. The summed E-state index contributed by atoms with van der Waals surface area (Å²) in [5.41, 5.74) is -0.246. The average Bonchev–Trinajstić information content (AvgIpc) is 2.37. The first kappa shape index (κ1) is 14.4. The van der Waals surface area contributed by atoms with Crippen LogP contribution >= 0.6 is 23.2 Å². The third-order valence-corrected chi connectivity index (χ3v) is 3.09.